The molecule has 1 aromatic heterocycles. The number of benzene rings is 1. The Bertz CT molecular complexity index is 864. The van der Waals surface area contributed by atoms with Crippen LogP contribution in [0.5, 0.6) is 0 Å². The summed E-state index contributed by atoms with van der Waals surface area (Å²) in [7, 11) is 0. The molecule has 6 rings (SSSR count). The number of nitrogens with zero attached hydrogens (tertiary/aromatic N) is 2. The summed E-state index contributed by atoms with van der Waals surface area (Å²) in [5.74, 6) is -0.958. The standard InChI is InChI=1S/C18H19N3O3/c22-15-10-20-7-5-18(6-8-20)16-12(9-14(17(23)24)21(15)18)11-3-1-2-4-13(11)19-16/h1-4,14,19H,5-10H2,(H,23,24). The number of carboxylic acid groups (broad SMARTS) is 1. The number of aromatic nitrogens is 1. The smallest absolute Gasteiger partial charge is 0.326 e. The highest BCUT2D eigenvalue weighted by Crippen LogP contribution is 2.48. The first-order valence-electron chi connectivity index (χ1n) is 8.47. The van der Waals surface area contributed by atoms with Gasteiger partial charge in [0.25, 0.3) is 0 Å². The van der Waals surface area contributed by atoms with Crippen molar-refractivity contribution < 1.29 is 14.7 Å². The Morgan fingerprint density at radius 3 is 2.75 bits per heavy atom. The predicted molar refractivity (Wildman–Crippen MR) is 87.6 cm³/mol. The number of H-pyrrole nitrogens is 1. The zero-order valence-electron chi connectivity index (χ0n) is 13.3. The molecule has 1 spiro atoms. The molecule has 0 saturated carbocycles. The van der Waals surface area contributed by atoms with E-state index in [9.17, 15) is 14.7 Å². The lowest BCUT2D eigenvalue weighted by Gasteiger charge is -2.49. The molecule has 0 radical (unpaired) electrons. The third-order valence-electron chi connectivity index (χ3n) is 6.05. The van der Waals surface area contributed by atoms with Crippen molar-refractivity contribution in [2.45, 2.75) is 30.8 Å². The molecule has 124 valence electrons. The van der Waals surface area contributed by atoms with E-state index in [-0.39, 0.29) is 5.91 Å². The van der Waals surface area contributed by atoms with E-state index >= 15 is 0 Å². The number of carbonyl (C=O) groups excluding carboxylic acids is 1. The maximum Gasteiger partial charge on any atom is 0.326 e. The number of carbonyl (C=O) groups is 2. The van der Waals surface area contributed by atoms with Crippen LogP contribution in [0.3, 0.4) is 0 Å². The van der Waals surface area contributed by atoms with Crippen LogP contribution in [-0.2, 0) is 21.5 Å². The molecule has 6 nitrogen and oxygen atoms in total. The molecule has 3 fully saturated rings. The summed E-state index contributed by atoms with van der Waals surface area (Å²) in [5, 5.41) is 10.9. The van der Waals surface area contributed by atoms with Gasteiger partial charge in [0.05, 0.1) is 12.1 Å². The zero-order valence-corrected chi connectivity index (χ0v) is 13.3. The zero-order chi connectivity index (χ0) is 16.5. The summed E-state index contributed by atoms with van der Waals surface area (Å²) in [4.78, 5) is 32.2. The SMILES string of the molecule is O=C(O)C1Cc2c([nH]c3ccccc23)C23CCN(CC2)CC(=O)N13. The summed E-state index contributed by atoms with van der Waals surface area (Å²) in [6.07, 6.45) is 1.97. The van der Waals surface area contributed by atoms with Gasteiger partial charge in [0.15, 0.2) is 0 Å². The Morgan fingerprint density at radius 2 is 2.00 bits per heavy atom. The van der Waals surface area contributed by atoms with Crippen LogP contribution < -0.4 is 0 Å². The van der Waals surface area contributed by atoms with Crippen LogP contribution in [0.15, 0.2) is 24.3 Å². The average molecular weight is 325 g/mol. The number of piperidine rings is 1. The topological polar surface area (TPSA) is 76.6 Å². The minimum absolute atomic E-state index is 0.0540. The number of amides is 1. The quantitative estimate of drug-likeness (QED) is 0.829. The average Bonchev–Trinajstić information content (AvgIpc) is 2.81. The number of aliphatic carboxylic acids is 1. The molecule has 6 heteroatoms. The number of aromatic amines is 1. The first kappa shape index (κ1) is 14.0. The van der Waals surface area contributed by atoms with Crippen LogP contribution in [0, 0.1) is 0 Å². The van der Waals surface area contributed by atoms with Crippen molar-refractivity contribution in [3.8, 4) is 0 Å². The lowest BCUT2D eigenvalue weighted by Crippen LogP contribution is -2.60. The van der Waals surface area contributed by atoms with Gasteiger partial charge in [-0.15, -0.1) is 0 Å². The first-order chi connectivity index (χ1) is 11.6. The van der Waals surface area contributed by atoms with E-state index in [4.69, 9.17) is 0 Å². The van der Waals surface area contributed by atoms with Crippen molar-refractivity contribution in [2.24, 2.45) is 0 Å². The van der Waals surface area contributed by atoms with Crippen LogP contribution in [0.25, 0.3) is 10.9 Å². The molecule has 24 heavy (non-hydrogen) atoms. The van der Waals surface area contributed by atoms with Gasteiger partial charge in [-0.25, -0.2) is 4.79 Å². The van der Waals surface area contributed by atoms with Crippen LogP contribution in [-0.4, -0.2) is 57.4 Å². The van der Waals surface area contributed by atoms with Crippen LogP contribution >= 0.6 is 0 Å². The molecule has 4 aliphatic heterocycles. The van der Waals surface area contributed by atoms with Crippen LogP contribution in [0.4, 0.5) is 0 Å². The second-order valence-electron chi connectivity index (χ2n) is 7.15. The largest absolute Gasteiger partial charge is 0.480 e. The predicted octanol–water partition coefficient (Wildman–Crippen LogP) is 1.31. The molecule has 1 amide bonds. The van der Waals surface area contributed by atoms with Gasteiger partial charge >= 0.3 is 5.97 Å². The normalized spacial score (nSPS) is 31.7. The lowest BCUT2D eigenvalue weighted by molar-refractivity contribution is -0.157. The molecule has 4 aliphatic rings. The Labute approximate surface area is 139 Å². The number of rotatable bonds is 1. The summed E-state index contributed by atoms with van der Waals surface area (Å²) < 4.78 is 0. The number of hydrogen-bond donors (Lipinski definition) is 2. The van der Waals surface area contributed by atoms with E-state index in [0.717, 1.165) is 48.1 Å². The molecule has 1 atom stereocenters. The van der Waals surface area contributed by atoms with Crippen LogP contribution in [0.2, 0.25) is 0 Å². The lowest BCUT2D eigenvalue weighted by atomic mass is 9.76. The Hall–Kier alpha value is -2.34. The van der Waals surface area contributed by atoms with Gasteiger partial charge in [-0.3, -0.25) is 9.69 Å². The van der Waals surface area contributed by atoms with Crippen molar-refractivity contribution >= 4 is 22.8 Å². The van der Waals surface area contributed by atoms with E-state index in [1.807, 2.05) is 24.3 Å². The molecule has 5 heterocycles. The number of hydrogen-bond acceptors (Lipinski definition) is 3. The highest BCUT2D eigenvalue weighted by molar-refractivity contribution is 5.91. The third-order valence-corrected chi connectivity index (χ3v) is 6.05. The fourth-order valence-corrected chi connectivity index (χ4v) is 4.96. The summed E-state index contributed by atoms with van der Waals surface area (Å²) in [5.41, 5.74) is 2.68. The maximum atomic E-state index is 12.9. The molecule has 0 aliphatic carbocycles. The molecule has 2 bridgehead atoms. The molecule has 3 saturated heterocycles. The number of carboxylic acids is 1. The van der Waals surface area contributed by atoms with E-state index in [2.05, 4.69) is 9.88 Å². The second kappa shape index (κ2) is 4.60. The molecule has 1 unspecified atom stereocenters. The van der Waals surface area contributed by atoms with E-state index in [1.54, 1.807) is 4.90 Å². The summed E-state index contributed by atoms with van der Waals surface area (Å²) in [6.45, 7) is 2.01. The van der Waals surface area contributed by atoms with Crippen LogP contribution in [0.1, 0.15) is 24.1 Å². The van der Waals surface area contributed by atoms with Crippen molar-refractivity contribution in [2.75, 3.05) is 19.6 Å². The Morgan fingerprint density at radius 1 is 1.25 bits per heavy atom. The number of para-hydroxylation sites is 1. The third kappa shape index (κ3) is 1.64. The van der Waals surface area contributed by atoms with Gasteiger partial charge in [0.1, 0.15) is 6.04 Å². The highest BCUT2D eigenvalue weighted by atomic mass is 16.4. The minimum atomic E-state index is -0.904. The highest BCUT2D eigenvalue weighted by Gasteiger charge is 2.55. The molecular formula is C18H19N3O3. The van der Waals surface area contributed by atoms with Gasteiger partial charge in [-0.05, 0) is 24.5 Å². The van der Waals surface area contributed by atoms with Gasteiger partial charge < -0.3 is 15.0 Å². The second-order valence-corrected chi connectivity index (χ2v) is 7.15. The number of fused-ring (bicyclic) bond motifs is 6. The fourth-order valence-electron chi connectivity index (χ4n) is 4.96. The number of nitrogens with one attached hydrogen (secondary N) is 1. The summed E-state index contributed by atoms with van der Waals surface area (Å²) >= 11 is 0. The van der Waals surface area contributed by atoms with Gasteiger partial charge in [-0.2, -0.15) is 0 Å². The molecule has 2 aromatic rings. The summed E-state index contributed by atoms with van der Waals surface area (Å²) in [6, 6.07) is 7.26. The maximum absolute atomic E-state index is 12.9. The molecule has 1 aromatic carbocycles. The van der Waals surface area contributed by atoms with Gasteiger partial charge in [0, 0.05) is 36.1 Å². The van der Waals surface area contributed by atoms with E-state index in [1.165, 1.54) is 0 Å². The monoisotopic (exact) mass is 325 g/mol. The van der Waals surface area contributed by atoms with Gasteiger partial charge in [0.2, 0.25) is 5.91 Å². The molecule has 2 N–H and O–H groups in total. The van der Waals surface area contributed by atoms with Crippen molar-refractivity contribution in [1.82, 2.24) is 14.8 Å². The van der Waals surface area contributed by atoms with Crippen molar-refractivity contribution in [3.05, 3.63) is 35.5 Å². The Kier molecular flexibility index (Phi) is 2.69. The fraction of sp³-hybridized carbons (Fsp3) is 0.444. The first-order valence-corrected chi connectivity index (χ1v) is 8.47. The minimum Gasteiger partial charge on any atom is -0.480 e. The van der Waals surface area contributed by atoms with Crippen molar-refractivity contribution in [1.29, 1.82) is 0 Å². The van der Waals surface area contributed by atoms with Crippen molar-refractivity contribution in [3.63, 3.8) is 0 Å². The van der Waals surface area contributed by atoms with E-state index in [0.29, 0.717) is 13.0 Å². The Balaban J connectivity index is 1.81. The van der Waals surface area contributed by atoms with E-state index < -0.39 is 17.6 Å². The molecular weight excluding hydrogens is 306 g/mol. The van der Waals surface area contributed by atoms with Gasteiger partial charge in [-0.1, -0.05) is 18.2 Å².